The van der Waals surface area contributed by atoms with Crippen molar-refractivity contribution in [1.29, 1.82) is 0 Å². The van der Waals surface area contributed by atoms with Gasteiger partial charge >= 0.3 is 0 Å². The van der Waals surface area contributed by atoms with E-state index in [2.05, 4.69) is 6.08 Å². The van der Waals surface area contributed by atoms with Crippen LogP contribution in [0.15, 0.2) is 6.08 Å². The molecule has 0 aromatic carbocycles. The summed E-state index contributed by atoms with van der Waals surface area (Å²) in [6, 6.07) is 0. The summed E-state index contributed by atoms with van der Waals surface area (Å²) in [5, 5.41) is 0. The number of rotatable bonds is 0. The first-order valence-corrected chi connectivity index (χ1v) is 3.23. The van der Waals surface area contributed by atoms with Crippen molar-refractivity contribution < 1.29 is 0 Å². The van der Waals surface area contributed by atoms with Gasteiger partial charge in [-0.1, -0.05) is 30.5 Å². The Bertz CT molecular complexity index is 156. The molecule has 1 rings (SSSR count). The molecule has 1 aliphatic carbocycles. The second-order valence-corrected chi connectivity index (χ2v) is 2.76. The predicted octanol–water partition coefficient (Wildman–Crippen LogP) is 1.88. The maximum atomic E-state index is 4.92. The number of hydrogen-bond donors (Lipinski definition) is 0. The van der Waals surface area contributed by atoms with Crippen LogP contribution in [0.2, 0.25) is 0 Å². The molecule has 0 amide bonds. The molecule has 1 aliphatic rings. The molecule has 8 heavy (non-hydrogen) atoms. The fraction of sp³-hybridized carbons (Fsp3) is 0.333. The van der Waals surface area contributed by atoms with Crippen molar-refractivity contribution in [3.05, 3.63) is 12.2 Å². The lowest BCUT2D eigenvalue weighted by Crippen LogP contribution is -2.05. The molecule has 0 aliphatic heterocycles. The molecule has 0 nitrogen and oxygen atoms in total. The maximum Gasteiger partial charge on any atom is 0.0276 e. The van der Waals surface area contributed by atoms with Crippen molar-refractivity contribution in [2.24, 2.45) is 0 Å². The second-order valence-electron chi connectivity index (χ2n) is 1.69. The maximum absolute atomic E-state index is 4.92. The first-order valence-electron chi connectivity index (χ1n) is 2.42. The van der Waals surface area contributed by atoms with E-state index < -0.39 is 0 Å². The van der Waals surface area contributed by atoms with E-state index in [0.717, 1.165) is 22.6 Å². The molecule has 0 aromatic heterocycles. The third-order valence-corrected chi connectivity index (χ3v) is 1.52. The summed E-state index contributed by atoms with van der Waals surface area (Å²) in [4.78, 5) is 1.88. The van der Waals surface area contributed by atoms with Crippen molar-refractivity contribution in [2.45, 2.75) is 12.8 Å². The fourth-order valence-corrected chi connectivity index (χ4v) is 1.16. The van der Waals surface area contributed by atoms with Gasteiger partial charge in [0.2, 0.25) is 0 Å². The van der Waals surface area contributed by atoms with Gasteiger partial charge < -0.3 is 0 Å². The summed E-state index contributed by atoms with van der Waals surface area (Å²) in [5.41, 5.74) is 0. The molecule has 0 bridgehead atoms. The van der Waals surface area contributed by atoms with Crippen LogP contribution in [0, 0.1) is 6.08 Å². The van der Waals surface area contributed by atoms with Gasteiger partial charge in [-0.15, -0.1) is 0 Å². The average molecular weight is 141 g/mol. The summed E-state index contributed by atoms with van der Waals surface area (Å²) in [6.07, 6.45) is 6.51. The highest BCUT2D eigenvalue weighted by Crippen LogP contribution is 2.04. The minimum absolute atomic E-state index is 0.793. The molecule has 0 saturated heterocycles. The van der Waals surface area contributed by atoms with Gasteiger partial charge in [0, 0.05) is 16.1 Å². The van der Waals surface area contributed by atoms with Crippen molar-refractivity contribution >= 4 is 34.2 Å². The third-order valence-electron chi connectivity index (χ3n) is 0.951. The van der Waals surface area contributed by atoms with E-state index >= 15 is 0 Å². The van der Waals surface area contributed by atoms with Crippen LogP contribution in [0.4, 0.5) is 0 Å². The highest BCUT2D eigenvalue weighted by molar-refractivity contribution is 7.82. The van der Waals surface area contributed by atoms with Crippen LogP contribution >= 0.6 is 24.4 Å². The van der Waals surface area contributed by atoms with Crippen molar-refractivity contribution in [3.8, 4) is 0 Å². The minimum atomic E-state index is 0.793. The lowest BCUT2D eigenvalue weighted by molar-refractivity contribution is 1.40. The fourth-order valence-electron chi connectivity index (χ4n) is 0.581. The van der Waals surface area contributed by atoms with Crippen LogP contribution in [0.3, 0.4) is 0 Å². The van der Waals surface area contributed by atoms with E-state index in [1.54, 1.807) is 0 Å². The van der Waals surface area contributed by atoms with Gasteiger partial charge in [-0.25, -0.2) is 0 Å². The molecule has 0 unspecified atom stereocenters. The van der Waals surface area contributed by atoms with Gasteiger partial charge in [0.25, 0.3) is 0 Å². The smallest absolute Gasteiger partial charge is 0.0276 e. The minimum Gasteiger partial charge on any atom is -0.0890 e. The monoisotopic (exact) mass is 141 g/mol. The zero-order valence-corrected chi connectivity index (χ0v) is 5.94. The van der Waals surface area contributed by atoms with E-state index in [1.807, 2.05) is 6.08 Å². The molecule has 0 aromatic rings. The van der Waals surface area contributed by atoms with Crippen LogP contribution in [0.1, 0.15) is 12.8 Å². The Labute approximate surface area is 59.6 Å². The SMILES string of the molecule is S=C1[C]=CCC(=S)C1. The molecule has 0 spiro atoms. The summed E-state index contributed by atoms with van der Waals surface area (Å²) in [7, 11) is 0. The van der Waals surface area contributed by atoms with Crippen molar-refractivity contribution in [3.63, 3.8) is 0 Å². The van der Waals surface area contributed by atoms with Gasteiger partial charge in [-0.2, -0.15) is 0 Å². The lowest BCUT2D eigenvalue weighted by Gasteiger charge is -2.02. The Morgan fingerprint density at radius 3 is 2.62 bits per heavy atom. The summed E-state index contributed by atoms with van der Waals surface area (Å²) in [6.45, 7) is 0. The summed E-state index contributed by atoms with van der Waals surface area (Å²) in [5.74, 6) is 0. The van der Waals surface area contributed by atoms with Crippen molar-refractivity contribution in [2.75, 3.05) is 0 Å². The van der Waals surface area contributed by atoms with Crippen LogP contribution in [0.25, 0.3) is 0 Å². The molecule has 41 valence electrons. The Morgan fingerprint density at radius 2 is 2.25 bits per heavy atom. The molecular formula is C6H5S2. The average Bonchev–Trinajstić information content (AvgIpc) is 1.64. The van der Waals surface area contributed by atoms with Crippen LogP contribution in [-0.2, 0) is 0 Å². The van der Waals surface area contributed by atoms with E-state index in [1.165, 1.54) is 0 Å². The van der Waals surface area contributed by atoms with Gasteiger partial charge in [-0.3, -0.25) is 0 Å². The molecule has 1 radical (unpaired) electrons. The predicted molar refractivity (Wildman–Crippen MR) is 42.2 cm³/mol. The zero-order chi connectivity index (χ0) is 5.98. The van der Waals surface area contributed by atoms with E-state index in [0.29, 0.717) is 0 Å². The second kappa shape index (κ2) is 2.46. The van der Waals surface area contributed by atoms with Gasteiger partial charge in [-0.05, 0) is 12.5 Å². The Morgan fingerprint density at radius 1 is 1.50 bits per heavy atom. The van der Waals surface area contributed by atoms with Crippen LogP contribution in [0.5, 0.6) is 0 Å². The quantitative estimate of drug-likeness (QED) is 0.472. The van der Waals surface area contributed by atoms with Crippen molar-refractivity contribution in [1.82, 2.24) is 0 Å². The lowest BCUT2D eigenvalue weighted by atomic mass is 10.1. The topological polar surface area (TPSA) is 0 Å². The first-order chi connectivity index (χ1) is 3.79. The third kappa shape index (κ3) is 1.46. The highest BCUT2D eigenvalue weighted by atomic mass is 32.1. The first kappa shape index (κ1) is 6.05. The Hall–Kier alpha value is -0.0800. The molecule has 2 heteroatoms. The normalized spacial score (nSPS) is 19.5. The number of hydrogen-bond acceptors (Lipinski definition) is 2. The highest BCUT2D eigenvalue weighted by Gasteiger charge is 2.02. The van der Waals surface area contributed by atoms with Crippen LogP contribution in [-0.4, -0.2) is 9.73 Å². The van der Waals surface area contributed by atoms with Gasteiger partial charge in [0.1, 0.15) is 0 Å². The van der Waals surface area contributed by atoms with Crippen LogP contribution < -0.4 is 0 Å². The summed E-state index contributed by atoms with van der Waals surface area (Å²) < 4.78 is 0. The van der Waals surface area contributed by atoms with E-state index in [-0.39, 0.29) is 0 Å². The molecule has 0 heterocycles. The molecule has 0 fully saturated rings. The summed E-state index contributed by atoms with van der Waals surface area (Å²) >= 11 is 9.78. The standard InChI is InChI=1S/C6H5S2/c7-5-2-1-3-6(8)4-5/h1H,2,4H2. The Kier molecular flexibility index (Phi) is 1.86. The molecular weight excluding hydrogens is 136 g/mol. The molecule has 0 saturated carbocycles. The van der Waals surface area contributed by atoms with E-state index in [4.69, 9.17) is 24.4 Å². The zero-order valence-electron chi connectivity index (χ0n) is 4.31. The van der Waals surface area contributed by atoms with Gasteiger partial charge in [0.05, 0.1) is 0 Å². The number of thiocarbonyl (C=S) groups is 2. The van der Waals surface area contributed by atoms with E-state index in [9.17, 15) is 0 Å². The van der Waals surface area contributed by atoms with Gasteiger partial charge in [0.15, 0.2) is 0 Å². The molecule has 0 N–H and O–H groups in total. The largest absolute Gasteiger partial charge is 0.0890 e. The Balaban J connectivity index is 2.68. The number of allylic oxidation sites excluding steroid dienone is 2. The molecule has 0 atom stereocenters.